The molecule has 1 N–H and O–H groups in total. The number of hydrogen-bond acceptors (Lipinski definition) is 4. The molecule has 0 fully saturated rings. The Hall–Kier alpha value is -2.08. The van der Waals surface area contributed by atoms with E-state index in [2.05, 4.69) is 0 Å². The van der Waals surface area contributed by atoms with Crippen LogP contribution in [-0.4, -0.2) is 18.1 Å². The second-order valence-corrected chi connectivity index (χ2v) is 6.08. The normalized spacial score (nSPS) is 11.5. The number of hydrogen-bond donors (Lipinski definition) is 1. The van der Waals surface area contributed by atoms with E-state index in [4.69, 9.17) is 0 Å². The minimum atomic E-state index is -3.85. The third-order valence-electron chi connectivity index (χ3n) is 2.87. The number of aromatic nitrogens is 1. The molecule has 1 heterocycles. The summed E-state index contributed by atoms with van der Waals surface area (Å²) in [5, 5.41) is 9.94. The summed E-state index contributed by atoms with van der Waals surface area (Å²) >= 11 is 0. The van der Waals surface area contributed by atoms with Gasteiger partial charge in [0.2, 0.25) is 15.7 Å². The molecule has 0 saturated heterocycles. The molecule has 0 unspecified atom stereocenters. The highest BCUT2D eigenvalue weighted by molar-refractivity contribution is 7.91. The van der Waals surface area contributed by atoms with E-state index < -0.39 is 21.3 Å². The van der Waals surface area contributed by atoms with Crippen LogP contribution in [0.15, 0.2) is 51.0 Å². The largest absolute Gasteiger partial charge is 0.493 e. The first-order chi connectivity index (χ1) is 8.85. The van der Waals surface area contributed by atoms with Gasteiger partial charge in [-0.15, -0.1) is 0 Å². The number of sulfone groups is 1. The van der Waals surface area contributed by atoms with Crippen molar-refractivity contribution >= 4 is 9.84 Å². The SMILES string of the molecule is Cc1cc(=O)n(C)c(O)c1S(=O)(=O)c1ccccc1. The van der Waals surface area contributed by atoms with Crippen LogP contribution in [0, 0.1) is 6.92 Å². The number of pyridine rings is 1. The number of aryl methyl sites for hydroxylation is 1. The van der Waals surface area contributed by atoms with Gasteiger partial charge in [-0.3, -0.25) is 9.36 Å². The van der Waals surface area contributed by atoms with Gasteiger partial charge in [0, 0.05) is 13.1 Å². The molecule has 0 atom stereocenters. The molecule has 2 rings (SSSR count). The molecule has 0 aliphatic carbocycles. The third kappa shape index (κ3) is 2.15. The van der Waals surface area contributed by atoms with Crippen LogP contribution in [0.2, 0.25) is 0 Å². The monoisotopic (exact) mass is 279 g/mol. The minimum Gasteiger partial charge on any atom is -0.493 e. The van der Waals surface area contributed by atoms with Gasteiger partial charge in [-0.25, -0.2) is 8.42 Å². The molecule has 100 valence electrons. The first-order valence-corrected chi connectivity index (χ1v) is 7.03. The van der Waals surface area contributed by atoms with Crippen molar-refractivity contribution in [2.24, 2.45) is 7.05 Å². The van der Waals surface area contributed by atoms with Crippen molar-refractivity contribution in [3.05, 3.63) is 52.3 Å². The standard InChI is InChI=1S/C13H13NO4S/c1-9-8-11(15)14(2)13(16)12(9)19(17,18)10-6-4-3-5-7-10/h3-8,16H,1-2H3. The molecule has 0 amide bonds. The van der Waals surface area contributed by atoms with E-state index in [0.717, 1.165) is 4.57 Å². The lowest BCUT2D eigenvalue weighted by Gasteiger charge is -2.12. The summed E-state index contributed by atoms with van der Waals surface area (Å²) in [6.07, 6.45) is 0. The highest BCUT2D eigenvalue weighted by Gasteiger charge is 2.25. The van der Waals surface area contributed by atoms with Crippen LogP contribution < -0.4 is 5.56 Å². The van der Waals surface area contributed by atoms with Crippen molar-refractivity contribution in [1.82, 2.24) is 4.57 Å². The van der Waals surface area contributed by atoms with Gasteiger partial charge in [-0.05, 0) is 24.6 Å². The predicted octanol–water partition coefficient (Wildman–Crippen LogP) is 1.23. The molecule has 1 aromatic heterocycles. The molecule has 1 aromatic carbocycles. The molecular formula is C13H13NO4S. The molecule has 0 radical (unpaired) electrons. The Morgan fingerprint density at radius 2 is 1.74 bits per heavy atom. The molecular weight excluding hydrogens is 266 g/mol. The van der Waals surface area contributed by atoms with Gasteiger partial charge < -0.3 is 5.11 Å². The van der Waals surface area contributed by atoms with E-state index in [9.17, 15) is 18.3 Å². The highest BCUT2D eigenvalue weighted by atomic mass is 32.2. The van der Waals surface area contributed by atoms with Crippen molar-refractivity contribution < 1.29 is 13.5 Å². The Morgan fingerprint density at radius 3 is 2.32 bits per heavy atom. The zero-order valence-electron chi connectivity index (χ0n) is 10.5. The molecule has 5 nitrogen and oxygen atoms in total. The van der Waals surface area contributed by atoms with Gasteiger partial charge in [0.25, 0.3) is 5.56 Å². The highest BCUT2D eigenvalue weighted by Crippen LogP contribution is 2.29. The van der Waals surface area contributed by atoms with Crippen LogP contribution in [0.3, 0.4) is 0 Å². The molecule has 0 spiro atoms. The molecule has 0 aliphatic rings. The van der Waals surface area contributed by atoms with Crippen molar-refractivity contribution in [2.45, 2.75) is 16.7 Å². The summed E-state index contributed by atoms with van der Waals surface area (Å²) in [5.41, 5.74) is -0.230. The Labute approximate surface area is 110 Å². The maximum atomic E-state index is 12.5. The summed E-state index contributed by atoms with van der Waals surface area (Å²) in [6.45, 7) is 1.48. The van der Waals surface area contributed by atoms with Crippen molar-refractivity contribution in [1.29, 1.82) is 0 Å². The number of rotatable bonds is 2. The van der Waals surface area contributed by atoms with E-state index in [1.165, 1.54) is 32.2 Å². The van der Waals surface area contributed by atoms with Gasteiger partial charge in [0.15, 0.2) is 0 Å². The second-order valence-electron chi connectivity index (χ2n) is 4.19. The van der Waals surface area contributed by atoms with E-state index in [1.807, 2.05) is 0 Å². The fraction of sp³-hybridized carbons (Fsp3) is 0.154. The smallest absolute Gasteiger partial charge is 0.253 e. The van der Waals surface area contributed by atoms with E-state index in [1.54, 1.807) is 18.2 Å². The quantitative estimate of drug-likeness (QED) is 0.897. The minimum absolute atomic E-state index is 0.0760. The van der Waals surface area contributed by atoms with Gasteiger partial charge in [-0.1, -0.05) is 18.2 Å². The summed E-state index contributed by atoms with van der Waals surface area (Å²) < 4.78 is 25.8. The number of aromatic hydroxyl groups is 1. The summed E-state index contributed by atoms with van der Waals surface area (Å²) in [4.78, 5) is 11.3. The Balaban J connectivity index is 2.80. The van der Waals surface area contributed by atoms with Crippen LogP contribution >= 0.6 is 0 Å². The Morgan fingerprint density at radius 1 is 1.16 bits per heavy atom. The van der Waals surface area contributed by atoms with Crippen molar-refractivity contribution in [2.75, 3.05) is 0 Å². The van der Waals surface area contributed by atoms with E-state index >= 15 is 0 Å². The molecule has 6 heteroatoms. The van der Waals surface area contributed by atoms with Crippen LogP contribution in [-0.2, 0) is 16.9 Å². The third-order valence-corrected chi connectivity index (χ3v) is 4.81. The molecule has 2 aromatic rings. The summed E-state index contributed by atoms with van der Waals surface area (Å²) in [7, 11) is -2.53. The number of benzene rings is 1. The lowest BCUT2D eigenvalue weighted by atomic mass is 10.3. The first kappa shape index (κ1) is 13.4. The molecule has 0 aliphatic heterocycles. The topological polar surface area (TPSA) is 76.4 Å². The van der Waals surface area contributed by atoms with Crippen LogP contribution in [0.4, 0.5) is 0 Å². The van der Waals surface area contributed by atoms with E-state index in [0.29, 0.717) is 0 Å². The maximum Gasteiger partial charge on any atom is 0.253 e. The molecule has 19 heavy (non-hydrogen) atoms. The first-order valence-electron chi connectivity index (χ1n) is 5.55. The average molecular weight is 279 g/mol. The Kier molecular flexibility index (Phi) is 3.20. The van der Waals surface area contributed by atoms with Crippen LogP contribution in [0.1, 0.15) is 5.56 Å². The maximum absolute atomic E-state index is 12.5. The number of nitrogens with zero attached hydrogens (tertiary/aromatic N) is 1. The fourth-order valence-electron chi connectivity index (χ4n) is 1.83. The molecule has 0 saturated carbocycles. The van der Waals surface area contributed by atoms with Crippen LogP contribution in [0.5, 0.6) is 5.88 Å². The Bertz CT molecular complexity index is 776. The molecule has 0 bridgehead atoms. The second kappa shape index (κ2) is 4.55. The summed E-state index contributed by atoms with van der Waals surface area (Å²) in [6, 6.07) is 8.98. The lowest BCUT2D eigenvalue weighted by molar-refractivity contribution is 0.405. The van der Waals surface area contributed by atoms with Gasteiger partial charge in [0.1, 0.15) is 4.90 Å². The predicted molar refractivity (Wildman–Crippen MR) is 70.0 cm³/mol. The van der Waals surface area contributed by atoms with Gasteiger partial charge >= 0.3 is 0 Å². The zero-order chi connectivity index (χ0) is 14.2. The van der Waals surface area contributed by atoms with Gasteiger partial charge in [0.05, 0.1) is 4.90 Å². The van der Waals surface area contributed by atoms with Crippen molar-refractivity contribution in [3.63, 3.8) is 0 Å². The average Bonchev–Trinajstić information content (AvgIpc) is 2.37. The fourth-order valence-corrected chi connectivity index (χ4v) is 3.44. The van der Waals surface area contributed by atoms with Crippen LogP contribution in [0.25, 0.3) is 0 Å². The van der Waals surface area contributed by atoms with Gasteiger partial charge in [-0.2, -0.15) is 0 Å². The lowest BCUT2D eigenvalue weighted by Crippen LogP contribution is -2.19. The summed E-state index contributed by atoms with van der Waals surface area (Å²) in [5.74, 6) is -0.547. The zero-order valence-corrected chi connectivity index (χ0v) is 11.3. The van der Waals surface area contributed by atoms with E-state index in [-0.39, 0.29) is 15.4 Å². The van der Waals surface area contributed by atoms with Crippen molar-refractivity contribution in [3.8, 4) is 5.88 Å².